The molecule has 8 nitrogen and oxygen atoms in total. The fourth-order valence-electron chi connectivity index (χ4n) is 4.59. The molecule has 0 atom stereocenters. The third kappa shape index (κ3) is 7.45. The maximum absolute atomic E-state index is 6.02. The van der Waals surface area contributed by atoms with Crippen molar-refractivity contribution < 1.29 is 9.47 Å². The van der Waals surface area contributed by atoms with E-state index in [0.29, 0.717) is 12.6 Å². The van der Waals surface area contributed by atoms with Crippen LogP contribution in [0.3, 0.4) is 0 Å². The third-order valence-corrected chi connectivity index (χ3v) is 7.62. The van der Waals surface area contributed by atoms with E-state index in [1.165, 1.54) is 24.6 Å². The molecule has 1 aliphatic heterocycles. The molecule has 0 spiro atoms. The van der Waals surface area contributed by atoms with Crippen LogP contribution in [0, 0.1) is 0 Å². The van der Waals surface area contributed by atoms with Crippen molar-refractivity contribution in [2.24, 2.45) is 0 Å². The quantitative estimate of drug-likeness (QED) is 0.168. The molecule has 5 aromatic rings. The first-order valence-corrected chi connectivity index (χ1v) is 15.0. The Kier molecular flexibility index (Phi) is 8.74. The van der Waals surface area contributed by atoms with Crippen LogP contribution in [0.15, 0.2) is 97.3 Å². The van der Waals surface area contributed by atoms with Crippen molar-refractivity contribution in [3.63, 3.8) is 0 Å². The van der Waals surface area contributed by atoms with Gasteiger partial charge in [0.15, 0.2) is 0 Å². The van der Waals surface area contributed by atoms with E-state index in [2.05, 4.69) is 25.2 Å². The van der Waals surface area contributed by atoms with Gasteiger partial charge in [-0.3, -0.25) is 0 Å². The van der Waals surface area contributed by atoms with Crippen LogP contribution >= 0.6 is 11.8 Å². The fraction of sp³-hybridized carbons (Fsp3) is 0.219. The Hall–Kier alpha value is -4.34. The molecule has 2 aromatic heterocycles. The van der Waals surface area contributed by atoms with Crippen LogP contribution in [0.25, 0.3) is 22.8 Å². The Morgan fingerprint density at radius 3 is 2.59 bits per heavy atom. The minimum atomic E-state index is 0.497. The second-order valence-corrected chi connectivity index (χ2v) is 10.9. The molecule has 0 saturated carbocycles. The molecule has 9 heteroatoms. The predicted molar refractivity (Wildman–Crippen MR) is 165 cm³/mol. The molecule has 0 bridgehead atoms. The summed E-state index contributed by atoms with van der Waals surface area (Å²) in [6.07, 6.45) is 4.53. The molecule has 2 N–H and O–H groups in total. The highest BCUT2D eigenvalue weighted by molar-refractivity contribution is 7.99. The van der Waals surface area contributed by atoms with Crippen molar-refractivity contribution >= 4 is 23.4 Å². The number of aromatic amines is 1. The van der Waals surface area contributed by atoms with Gasteiger partial charge in [0.25, 0.3) is 0 Å². The summed E-state index contributed by atoms with van der Waals surface area (Å²) in [5.74, 6) is 6.06. The van der Waals surface area contributed by atoms with Crippen LogP contribution in [0.4, 0.5) is 11.6 Å². The van der Waals surface area contributed by atoms with E-state index < -0.39 is 0 Å². The summed E-state index contributed by atoms with van der Waals surface area (Å²) < 4.78 is 12.0. The lowest BCUT2D eigenvalue weighted by Gasteiger charge is -2.25. The first kappa shape index (κ1) is 26.9. The van der Waals surface area contributed by atoms with Crippen LogP contribution in [-0.2, 0) is 0 Å². The van der Waals surface area contributed by atoms with Gasteiger partial charge in [-0.25, -0.2) is 15.0 Å². The highest BCUT2D eigenvalue weighted by Crippen LogP contribution is 2.28. The number of nitrogens with one attached hydrogen (secondary N) is 2. The fourth-order valence-corrected chi connectivity index (χ4v) is 5.57. The zero-order valence-corrected chi connectivity index (χ0v) is 23.5. The van der Waals surface area contributed by atoms with Gasteiger partial charge in [0, 0.05) is 54.7 Å². The molecule has 208 valence electrons. The molecule has 41 heavy (non-hydrogen) atoms. The van der Waals surface area contributed by atoms with Crippen molar-refractivity contribution in [2.45, 2.75) is 6.42 Å². The lowest BCUT2D eigenvalue weighted by Crippen LogP contribution is -2.33. The Labute approximate surface area is 244 Å². The van der Waals surface area contributed by atoms with Crippen molar-refractivity contribution in [2.75, 3.05) is 43.1 Å². The number of H-pyrrole nitrogens is 1. The van der Waals surface area contributed by atoms with Crippen LogP contribution in [-0.4, -0.2) is 62.6 Å². The second-order valence-electron chi connectivity index (χ2n) is 9.66. The summed E-state index contributed by atoms with van der Waals surface area (Å²) >= 11 is 2.04. The summed E-state index contributed by atoms with van der Waals surface area (Å²) in [4.78, 5) is 19.6. The number of benzene rings is 3. The zero-order chi connectivity index (χ0) is 27.7. The maximum atomic E-state index is 6.02. The summed E-state index contributed by atoms with van der Waals surface area (Å²) in [5, 5.41) is 3.30. The third-order valence-electron chi connectivity index (χ3n) is 6.68. The van der Waals surface area contributed by atoms with Gasteiger partial charge in [-0.1, -0.05) is 36.4 Å². The average molecular weight is 565 g/mol. The lowest BCUT2D eigenvalue weighted by molar-refractivity contribution is 0.248. The van der Waals surface area contributed by atoms with Crippen LogP contribution in [0.5, 0.6) is 17.2 Å². The number of anilines is 2. The molecule has 1 saturated heterocycles. The minimum Gasteiger partial charge on any atom is -0.493 e. The van der Waals surface area contributed by atoms with E-state index in [-0.39, 0.29) is 0 Å². The molecule has 0 unspecified atom stereocenters. The molecule has 0 aliphatic carbocycles. The molecule has 6 rings (SSSR count). The zero-order valence-electron chi connectivity index (χ0n) is 22.7. The highest BCUT2D eigenvalue weighted by Gasteiger charge is 2.11. The number of imidazole rings is 1. The van der Waals surface area contributed by atoms with Gasteiger partial charge in [0.05, 0.1) is 24.2 Å². The number of aromatic nitrogens is 4. The summed E-state index contributed by atoms with van der Waals surface area (Å²) in [6, 6.07) is 27.3. The van der Waals surface area contributed by atoms with Crippen molar-refractivity contribution in [1.29, 1.82) is 0 Å². The van der Waals surface area contributed by atoms with Gasteiger partial charge in [0.2, 0.25) is 5.95 Å². The average Bonchev–Trinajstić information content (AvgIpc) is 3.52. The van der Waals surface area contributed by atoms with Gasteiger partial charge < -0.3 is 24.7 Å². The standard InChI is InChI=1S/C32H32N6O2S/c1-2-9-26(10-3-1)40-28-12-4-7-24(21-28)31-34-23-30(36-31)29-13-14-33-32(37-29)35-25-8-5-11-27(22-25)39-18-6-15-38-16-19-41-20-17-38/h1-5,7-14,21-23H,6,15-20H2,(H,34,36)(H,33,35,37). The molecular weight excluding hydrogens is 532 g/mol. The number of rotatable bonds is 11. The monoisotopic (exact) mass is 564 g/mol. The van der Waals surface area contributed by atoms with Gasteiger partial charge in [-0.15, -0.1) is 0 Å². The first-order valence-electron chi connectivity index (χ1n) is 13.8. The largest absolute Gasteiger partial charge is 0.493 e. The maximum Gasteiger partial charge on any atom is 0.227 e. The van der Waals surface area contributed by atoms with E-state index in [4.69, 9.17) is 14.5 Å². The molecule has 0 radical (unpaired) electrons. The smallest absolute Gasteiger partial charge is 0.227 e. The van der Waals surface area contributed by atoms with E-state index in [0.717, 1.165) is 58.7 Å². The van der Waals surface area contributed by atoms with Gasteiger partial charge >= 0.3 is 0 Å². The van der Waals surface area contributed by atoms with Gasteiger partial charge in [-0.05, 0) is 48.9 Å². The van der Waals surface area contributed by atoms with Gasteiger partial charge in [0.1, 0.15) is 23.1 Å². The number of hydrogen-bond acceptors (Lipinski definition) is 8. The Morgan fingerprint density at radius 2 is 1.68 bits per heavy atom. The Balaban J connectivity index is 1.08. The van der Waals surface area contributed by atoms with E-state index >= 15 is 0 Å². The Morgan fingerprint density at radius 1 is 0.854 bits per heavy atom. The summed E-state index contributed by atoms with van der Waals surface area (Å²) in [5.41, 5.74) is 3.32. The van der Waals surface area contributed by atoms with E-state index in [1.807, 2.05) is 96.7 Å². The second kappa shape index (κ2) is 13.3. The normalized spacial score (nSPS) is 13.6. The molecule has 3 heterocycles. The minimum absolute atomic E-state index is 0.497. The lowest BCUT2D eigenvalue weighted by atomic mass is 10.2. The molecular formula is C32H32N6O2S. The number of nitrogens with zero attached hydrogens (tertiary/aromatic N) is 4. The topological polar surface area (TPSA) is 88.2 Å². The first-order chi connectivity index (χ1) is 20.3. The van der Waals surface area contributed by atoms with Gasteiger partial charge in [-0.2, -0.15) is 11.8 Å². The molecule has 0 amide bonds. The molecule has 1 fully saturated rings. The van der Waals surface area contributed by atoms with Crippen molar-refractivity contribution in [3.05, 3.63) is 97.3 Å². The number of thioether (sulfide) groups is 1. The van der Waals surface area contributed by atoms with Crippen molar-refractivity contribution in [1.82, 2.24) is 24.8 Å². The van der Waals surface area contributed by atoms with Crippen molar-refractivity contribution in [3.8, 4) is 40.0 Å². The predicted octanol–water partition coefficient (Wildman–Crippen LogP) is 6.89. The SMILES string of the molecule is c1ccc(Oc2cccc(-c3ncc(-c4ccnc(Nc5cccc(OCCCN6CCSCC6)c5)n4)[nH]3)c2)cc1. The number of ether oxygens (including phenoxy) is 2. The molecule has 1 aliphatic rings. The van der Waals surface area contributed by atoms with E-state index in [9.17, 15) is 0 Å². The van der Waals surface area contributed by atoms with Crippen LogP contribution in [0.2, 0.25) is 0 Å². The highest BCUT2D eigenvalue weighted by atomic mass is 32.2. The Bertz CT molecular complexity index is 1550. The summed E-state index contributed by atoms with van der Waals surface area (Å²) in [7, 11) is 0. The molecule has 3 aromatic carbocycles. The number of para-hydroxylation sites is 1. The van der Waals surface area contributed by atoms with Crippen LogP contribution < -0.4 is 14.8 Å². The van der Waals surface area contributed by atoms with Crippen LogP contribution in [0.1, 0.15) is 6.42 Å². The number of hydrogen-bond donors (Lipinski definition) is 2. The summed E-state index contributed by atoms with van der Waals surface area (Å²) in [6.45, 7) is 4.14. The van der Waals surface area contributed by atoms with E-state index in [1.54, 1.807) is 12.4 Å².